The van der Waals surface area contributed by atoms with Gasteiger partial charge in [-0.15, -0.1) is 0 Å². The summed E-state index contributed by atoms with van der Waals surface area (Å²) in [4.78, 5) is 30.0. The molecule has 1 heterocycles. The Kier molecular flexibility index (Phi) is 7.89. The van der Waals surface area contributed by atoms with Gasteiger partial charge in [-0.2, -0.15) is 0 Å². The van der Waals surface area contributed by atoms with Crippen LogP contribution >= 0.6 is 0 Å². The number of piperazine rings is 1. The van der Waals surface area contributed by atoms with Crippen LogP contribution in [0.4, 0.5) is 11.4 Å². The van der Waals surface area contributed by atoms with Gasteiger partial charge in [-0.3, -0.25) is 14.5 Å². The Bertz CT molecular complexity index is 847. The second kappa shape index (κ2) is 10.8. The standard InChI is InChI=1S/C24H32N4O3/c1-19(29)31-18-24(30)25-17-23(20-9-11-21(12-10-20)26(2)3)28-15-13-27(14-16-28)22-7-5-4-6-8-22/h4-12,23H,13-18H2,1-3H3,(H,25,30). The number of esters is 1. The average molecular weight is 425 g/mol. The van der Waals surface area contributed by atoms with E-state index >= 15 is 0 Å². The van der Waals surface area contributed by atoms with Crippen LogP contribution in [0, 0.1) is 0 Å². The summed E-state index contributed by atoms with van der Waals surface area (Å²) in [7, 11) is 4.04. The van der Waals surface area contributed by atoms with Crippen LogP contribution in [-0.4, -0.2) is 70.2 Å². The van der Waals surface area contributed by atoms with E-state index in [9.17, 15) is 9.59 Å². The van der Waals surface area contributed by atoms with Crippen molar-refractivity contribution < 1.29 is 14.3 Å². The Hall–Kier alpha value is -3.06. The van der Waals surface area contributed by atoms with Gasteiger partial charge in [-0.1, -0.05) is 30.3 Å². The summed E-state index contributed by atoms with van der Waals surface area (Å²) in [6.45, 7) is 5.17. The molecule has 1 amide bonds. The summed E-state index contributed by atoms with van der Waals surface area (Å²) in [5.74, 6) is -0.740. The number of hydrogen-bond donors (Lipinski definition) is 1. The first-order chi connectivity index (χ1) is 14.9. The molecular weight excluding hydrogens is 392 g/mol. The molecule has 7 heteroatoms. The number of benzene rings is 2. The molecule has 7 nitrogen and oxygen atoms in total. The third-order valence-corrected chi connectivity index (χ3v) is 5.57. The van der Waals surface area contributed by atoms with E-state index < -0.39 is 5.97 Å². The van der Waals surface area contributed by atoms with Gasteiger partial charge in [0.1, 0.15) is 0 Å². The molecule has 1 N–H and O–H groups in total. The van der Waals surface area contributed by atoms with Crippen LogP contribution in [0.3, 0.4) is 0 Å². The molecule has 0 bridgehead atoms. The third-order valence-electron chi connectivity index (χ3n) is 5.57. The Balaban J connectivity index is 1.68. The molecule has 1 fully saturated rings. The second-order valence-electron chi connectivity index (χ2n) is 7.94. The van der Waals surface area contributed by atoms with E-state index in [0.29, 0.717) is 6.54 Å². The highest BCUT2D eigenvalue weighted by Gasteiger charge is 2.26. The fraction of sp³-hybridized carbons (Fsp3) is 0.417. The van der Waals surface area contributed by atoms with Crippen molar-refractivity contribution in [3.05, 3.63) is 60.2 Å². The van der Waals surface area contributed by atoms with Crippen molar-refractivity contribution >= 4 is 23.3 Å². The predicted molar refractivity (Wildman–Crippen MR) is 123 cm³/mol. The van der Waals surface area contributed by atoms with E-state index in [1.165, 1.54) is 12.6 Å². The molecule has 1 saturated heterocycles. The fourth-order valence-corrected chi connectivity index (χ4v) is 3.81. The average Bonchev–Trinajstić information content (AvgIpc) is 2.79. The molecule has 0 saturated carbocycles. The zero-order valence-corrected chi connectivity index (χ0v) is 18.6. The van der Waals surface area contributed by atoms with Gasteiger partial charge in [0.2, 0.25) is 0 Å². The minimum absolute atomic E-state index is 0.0513. The normalized spacial score (nSPS) is 15.3. The Morgan fingerprint density at radius 3 is 2.23 bits per heavy atom. The summed E-state index contributed by atoms with van der Waals surface area (Å²) in [6, 6.07) is 19.0. The molecule has 0 aliphatic carbocycles. The SMILES string of the molecule is CC(=O)OCC(=O)NCC(c1ccc(N(C)C)cc1)N1CCN(c2ccccc2)CC1. The highest BCUT2D eigenvalue weighted by molar-refractivity contribution is 5.79. The highest BCUT2D eigenvalue weighted by Crippen LogP contribution is 2.25. The van der Waals surface area contributed by atoms with Crippen molar-refractivity contribution in [2.75, 3.05) is 63.2 Å². The number of carbonyl (C=O) groups is 2. The van der Waals surface area contributed by atoms with E-state index in [-0.39, 0.29) is 18.6 Å². The van der Waals surface area contributed by atoms with Crippen LogP contribution in [0.2, 0.25) is 0 Å². The second-order valence-corrected chi connectivity index (χ2v) is 7.94. The van der Waals surface area contributed by atoms with Gasteiger partial charge >= 0.3 is 5.97 Å². The Labute approximate surface area is 184 Å². The molecule has 1 atom stereocenters. The van der Waals surface area contributed by atoms with Gasteiger partial charge in [-0.25, -0.2) is 0 Å². The van der Waals surface area contributed by atoms with Gasteiger partial charge in [0.25, 0.3) is 5.91 Å². The minimum Gasteiger partial charge on any atom is -0.456 e. The lowest BCUT2D eigenvalue weighted by atomic mass is 10.0. The molecular formula is C24H32N4O3. The van der Waals surface area contributed by atoms with E-state index in [0.717, 1.165) is 37.4 Å². The molecule has 3 rings (SSSR count). The first-order valence-electron chi connectivity index (χ1n) is 10.7. The Morgan fingerprint density at radius 2 is 1.65 bits per heavy atom. The summed E-state index contributed by atoms with van der Waals surface area (Å²) in [5.41, 5.74) is 3.53. The van der Waals surface area contributed by atoms with Crippen LogP contribution in [0.25, 0.3) is 0 Å². The van der Waals surface area contributed by atoms with Crippen molar-refractivity contribution in [3.8, 4) is 0 Å². The number of anilines is 2. The molecule has 1 aliphatic heterocycles. The van der Waals surface area contributed by atoms with E-state index in [4.69, 9.17) is 4.74 Å². The Morgan fingerprint density at radius 1 is 1.00 bits per heavy atom. The van der Waals surface area contributed by atoms with Crippen LogP contribution < -0.4 is 15.1 Å². The van der Waals surface area contributed by atoms with E-state index in [2.05, 4.69) is 68.5 Å². The molecule has 166 valence electrons. The highest BCUT2D eigenvalue weighted by atomic mass is 16.5. The first-order valence-corrected chi connectivity index (χ1v) is 10.7. The van der Waals surface area contributed by atoms with Gasteiger partial charge in [0.05, 0.1) is 6.04 Å². The number of nitrogens with one attached hydrogen (secondary N) is 1. The van der Waals surface area contributed by atoms with Gasteiger partial charge in [0.15, 0.2) is 6.61 Å². The molecule has 1 aliphatic rings. The topological polar surface area (TPSA) is 65.1 Å². The zero-order valence-electron chi connectivity index (χ0n) is 18.6. The maximum absolute atomic E-state index is 12.1. The summed E-state index contributed by atoms with van der Waals surface area (Å²) in [5, 5.41) is 2.93. The number of hydrogen-bond acceptors (Lipinski definition) is 6. The molecule has 0 spiro atoms. The van der Waals surface area contributed by atoms with Crippen LogP contribution in [0.5, 0.6) is 0 Å². The van der Waals surface area contributed by atoms with Crippen LogP contribution in [0.15, 0.2) is 54.6 Å². The van der Waals surface area contributed by atoms with E-state index in [1.54, 1.807) is 0 Å². The lowest BCUT2D eigenvalue weighted by Crippen LogP contribution is -2.50. The maximum atomic E-state index is 12.1. The van der Waals surface area contributed by atoms with Crippen molar-refractivity contribution in [1.82, 2.24) is 10.2 Å². The summed E-state index contributed by atoms with van der Waals surface area (Å²) >= 11 is 0. The van der Waals surface area contributed by atoms with Gasteiger partial charge < -0.3 is 19.9 Å². The van der Waals surface area contributed by atoms with Crippen molar-refractivity contribution in [2.24, 2.45) is 0 Å². The molecule has 31 heavy (non-hydrogen) atoms. The van der Waals surface area contributed by atoms with Gasteiger partial charge in [0, 0.05) is 65.1 Å². The summed E-state index contributed by atoms with van der Waals surface area (Å²) in [6.07, 6.45) is 0. The molecule has 0 radical (unpaired) electrons. The van der Waals surface area contributed by atoms with Crippen LogP contribution in [-0.2, 0) is 14.3 Å². The number of ether oxygens (including phenoxy) is 1. The van der Waals surface area contributed by atoms with Gasteiger partial charge in [-0.05, 0) is 29.8 Å². The lowest BCUT2D eigenvalue weighted by Gasteiger charge is -2.40. The number of carbonyl (C=O) groups excluding carboxylic acids is 2. The monoisotopic (exact) mass is 424 g/mol. The zero-order chi connectivity index (χ0) is 22.2. The van der Waals surface area contributed by atoms with Crippen molar-refractivity contribution in [3.63, 3.8) is 0 Å². The molecule has 2 aromatic carbocycles. The largest absolute Gasteiger partial charge is 0.456 e. The molecule has 1 unspecified atom stereocenters. The smallest absolute Gasteiger partial charge is 0.303 e. The quantitative estimate of drug-likeness (QED) is 0.656. The summed E-state index contributed by atoms with van der Waals surface area (Å²) < 4.78 is 4.82. The van der Waals surface area contributed by atoms with E-state index in [1.807, 2.05) is 20.2 Å². The lowest BCUT2D eigenvalue weighted by molar-refractivity contribution is -0.146. The number of amides is 1. The van der Waals surface area contributed by atoms with Crippen molar-refractivity contribution in [2.45, 2.75) is 13.0 Å². The first kappa shape index (κ1) is 22.6. The third kappa shape index (κ3) is 6.46. The fourth-order valence-electron chi connectivity index (χ4n) is 3.81. The molecule has 0 aromatic heterocycles. The predicted octanol–water partition coefficient (Wildman–Crippen LogP) is 2.30. The molecule has 2 aromatic rings. The van der Waals surface area contributed by atoms with Crippen molar-refractivity contribution in [1.29, 1.82) is 0 Å². The number of rotatable bonds is 8. The maximum Gasteiger partial charge on any atom is 0.303 e. The minimum atomic E-state index is -0.456. The number of nitrogens with zero attached hydrogens (tertiary/aromatic N) is 3. The van der Waals surface area contributed by atoms with Crippen LogP contribution in [0.1, 0.15) is 18.5 Å². The number of para-hydroxylation sites is 1.